The lowest BCUT2D eigenvalue weighted by Crippen LogP contribution is -2.33. The number of amides is 1. The Morgan fingerprint density at radius 3 is 2.56 bits per heavy atom. The van der Waals surface area contributed by atoms with Crippen molar-refractivity contribution < 1.29 is 14.7 Å². The molecule has 0 saturated heterocycles. The van der Waals surface area contributed by atoms with E-state index in [0.29, 0.717) is 5.56 Å². The fourth-order valence-electron chi connectivity index (χ4n) is 1.30. The monoisotopic (exact) mass is 222 g/mol. The van der Waals surface area contributed by atoms with Crippen molar-refractivity contribution in [2.75, 3.05) is 5.32 Å². The number of hydrogen-bond donors (Lipinski definition) is 3. The minimum atomic E-state index is -1.07. The van der Waals surface area contributed by atoms with E-state index in [0.717, 1.165) is 0 Å². The van der Waals surface area contributed by atoms with Gasteiger partial charge in [-0.25, -0.2) is 4.79 Å². The van der Waals surface area contributed by atoms with Crippen LogP contribution in [0.3, 0.4) is 0 Å². The maximum absolute atomic E-state index is 11.4. The summed E-state index contributed by atoms with van der Waals surface area (Å²) in [4.78, 5) is 22.4. The van der Waals surface area contributed by atoms with Gasteiger partial charge in [-0.05, 0) is 25.5 Å². The maximum atomic E-state index is 11.4. The Morgan fingerprint density at radius 2 is 2.06 bits per heavy atom. The van der Waals surface area contributed by atoms with Gasteiger partial charge in [-0.3, -0.25) is 4.79 Å². The van der Waals surface area contributed by atoms with E-state index in [4.69, 9.17) is 10.8 Å². The van der Waals surface area contributed by atoms with Gasteiger partial charge in [0.05, 0.1) is 17.3 Å². The summed E-state index contributed by atoms with van der Waals surface area (Å²) in [6.45, 7) is 3.20. The molecular weight excluding hydrogens is 208 g/mol. The van der Waals surface area contributed by atoms with Crippen molar-refractivity contribution in [2.45, 2.75) is 19.9 Å². The Hall–Kier alpha value is -1.88. The first-order chi connectivity index (χ1) is 7.43. The van der Waals surface area contributed by atoms with Gasteiger partial charge in [0, 0.05) is 0 Å². The molecule has 5 nitrogen and oxygen atoms in total. The lowest BCUT2D eigenvalue weighted by atomic mass is 10.1. The molecule has 0 aromatic heterocycles. The molecule has 86 valence electrons. The summed E-state index contributed by atoms with van der Waals surface area (Å²) in [5, 5.41) is 11.5. The van der Waals surface area contributed by atoms with Crippen LogP contribution in [0.5, 0.6) is 0 Å². The van der Waals surface area contributed by atoms with Crippen LogP contribution in [0.15, 0.2) is 18.2 Å². The molecule has 1 unspecified atom stereocenters. The third-order valence-corrected chi connectivity index (χ3v) is 2.16. The SMILES string of the molecule is Cc1cccc(NC(=O)C(C)N)c1C(=O)O. The van der Waals surface area contributed by atoms with Crippen LogP contribution in [0.4, 0.5) is 5.69 Å². The van der Waals surface area contributed by atoms with Crippen molar-refractivity contribution in [2.24, 2.45) is 5.73 Å². The van der Waals surface area contributed by atoms with Crippen molar-refractivity contribution in [3.8, 4) is 0 Å². The van der Waals surface area contributed by atoms with Gasteiger partial charge in [0.2, 0.25) is 5.91 Å². The van der Waals surface area contributed by atoms with E-state index in [1.807, 2.05) is 0 Å². The Labute approximate surface area is 93.3 Å². The van der Waals surface area contributed by atoms with E-state index in [1.165, 1.54) is 13.0 Å². The number of aromatic carboxylic acids is 1. The Morgan fingerprint density at radius 1 is 1.44 bits per heavy atom. The molecule has 1 rings (SSSR count). The molecule has 1 amide bonds. The second-order valence-electron chi connectivity index (χ2n) is 3.58. The van der Waals surface area contributed by atoms with Crippen molar-refractivity contribution >= 4 is 17.6 Å². The summed E-state index contributed by atoms with van der Waals surface area (Å²) < 4.78 is 0. The molecular formula is C11H14N2O3. The molecule has 1 aromatic rings. The number of anilines is 1. The molecule has 0 radical (unpaired) electrons. The molecule has 1 aromatic carbocycles. The number of benzene rings is 1. The van der Waals surface area contributed by atoms with Gasteiger partial charge in [0.15, 0.2) is 0 Å². The molecule has 0 aliphatic carbocycles. The first-order valence-corrected chi connectivity index (χ1v) is 4.83. The number of hydrogen-bond acceptors (Lipinski definition) is 3. The minimum absolute atomic E-state index is 0.0940. The second kappa shape index (κ2) is 4.76. The van der Waals surface area contributed by atoms with Crippen molar-refractivity contribution in [3.05, 3.63) is 29.3 Å². The van der Waals surface area contributed by atoms with Gasteiger partial charge in [0.1, 0.15) is 0 Å². The predicted octanol–water partition coefficient (Wildman–Crippen LogP) is 0.979. The van der Waals surface area contributed by atoms with Crippen LogP contribution in [0.1, 0.15) is 22.8 Å². The highest BCUT2D eigenvalue weighted by molar-refractivity contribution is 6.02. The van der Waals surface area contributed by atoms with Gasteiger partial charge < -0.3 is 16.2 Å². The molecule has 0 saturated carbocycles. The topological polar surface area (TPSA) is 92.4 Å². The van der Waals surface area contributed by atoms with E-state index < -0.39 is 17.9 Å². The lowest BCUT2D eigenvalue weighted by molar-refractivity contribution is -0.117. The third-order valence-electron chi connectivity index (χ3n) is 2.16. The Balaban J connectivity index is 3.09. The standard InChI is InChI=1S/C11H14N2O3/c1-6-4-3-5-8(9(6)11(15)16)13-10(14)7(2)12/h3-5,7H,12H2,1-2H3,(H,13,14)(H,15,16). The molecule has 16 heavy (non-hydrogen) atoms. The molecule has 0 spiro atoms. The number of carboxylic acids is 1. The first-order valence-electron chi connectivity index (χ1n) is 4.83. The highest BCUT2D eigenvalue weighted by atomic mass is 16.4. The quantitative estimate of drug-likeness (QED) is 0.710. The van der Waals surface area contributed by atoms with Crippen LogP contribution in [0, 0.1) is 6.92 Å². The van der Waals surface area contributed by atoms with Gasteiger partial charge in [-0.15, -0.1) is 0 Å². The van der Waals surface area contributed by atoms with Crippen LogP contribution in [0.25, 0.3) is 0 Å². The van der Waals surface area contributed by atoms with Gasteiger partial charge >= 0.3 is 5.97 Å². The normalized spacial score (nSPS) is 11.9. The summed E-state index contributed by atoms with van der Waals surface area (Å²) >= 11 is 0. The van der Waals surface area contributed by atoms with Crippen LogP contribution in [0.2, 0.25) is 0 Å². The van der Waals surface area contributed by atoms with E-state index in [9.17, 15) is 9.59 Å². The highest BCUT2D eigenvalue weighted by Gasteiger charge is 2.16. The first kappa shape index (κ1) is 12.2. The molecule has 0 heterocycles. The van der Waals surface area contributed by atoms with E-state index in [2.05, 4.69) is 5.32 Å². The molecule has 0 fully saturated rings. The van der Waals surface area contributed by atoms with Crippen molar-refractivity contribution in [1.82, 2.24) is 0 Å². The number of rotatable bonds is 3. The fourth-order valence-corrected chi connectivity index (χ4v) is 1.30. The number of carbonyl (C=O) groups is 2. The smallest absolute Gasteiger partial charge is 0.338 e. The van der Waals surface area contributed by atoms with Gasteiger partial charge in [0.25, 0.3) is 0 Å². The number of carboxylic acid groups (broad SMARTS) is 1. The van der Waals surface area contributed by atoms with Crippen molar-refractivity contribution in [1.29, 1.82) is 0 Å². The average molecular weight is 222 g/mol. The third kappa shape index (κ3) is 2.58. The van der Waals surface area contributed by atoms with Crippen LogP contribution < -0.4 is 11.1 Å². The van der Waals surface area contributed by atoms with Gasteiger partial charge in [-0.2, -0.15) is 0 Å². The summed E-state index contributed by atoms with van der Waals surface area (Å²) in [5.74, 6) is -1.48. The molecule has 5 heteroatoms. The van der Waals surface area contributed by atoms with Crippen molar-refractivity contribution in [3.63, 3.8) is 0 Å². The zero-order valence-electron chi connectivity index (χ0n) is 9.15. The zero-order valence-corrected chi connectivity index (χ0v) is 9.15. The fraction of sp³-hybridized carbons (Fsp3) is 0.273. The van der Waals surface area contributed by atoms with E-state index >= 15 is 0 Å². The average Bonchev–Trinajstić information content (AvgIpc) is 2.16. The zero-order chi connectivity index (χ0) is 12.3. The molecule has 0 aliphatic rings. The molecule has 0 aliphatic heterocycles. The second-order valence-corrected chi connectivity index (χ2v) is 3.58. The number of aryl methyl sites for hydroxylation is 1. The summed E-state index contributed by atoms with van der Waals surface area (Å²) in [5.41, 5.74) is 6.35. The number of carbonyl (C=O) groups excluding carboxylic acids is 1. The van der Waals surface area contributed by atoms with E-state index in [-0.39, 0.29) is 11.3 Å². The minimum Gasteiger partial charge on any atom is -0.478 e. The summed E-state index contributed by atoms with van der Waals surface area (Å²) in [6, 6.07) is 4.21. The number of nitrogens with two attached hydrogens (primary N) is 1. The maximum Gasteiger partial charge on any atom is 0.338 e. The lowest BCUT2D eigenvalue weighted by Gasteiger charge is -2.11. The molecule has 0 bridgehead atoms. The van der Waals surface area contributed by atoms with Crippen LogP contribution >= 0.6 is 0 Å². The largest absolute Gasteiger partial charge is 0.478 e. The Kier molecular flexibility index (Phi) is 3.63. The Bertz CT molecular complexity index is 427. The van der Waals surface area contributed by atoms with E-state index in [1.54, 1.807) is 19.1 Å². The summed E-state index contributed by atoms with van der Waals surface area (Å²) in [7, 11) is 0. The van der Waals surface area contributed by atoms with Gasteiger partial charge in [-0.1, -0.05) is 12.1 Å². The van der Waals surface area contributed by atoms with Crippen LogP contribution in [-0.2, 0) is 4.79 Å². The van der Waals surface area contributed by atoms with Crippen LogP contribution in [-0.4, -0.2) is 23.0 Å². The molecule has 1 atom stereocenters. The number of nitrogens with one attached hydrogen (secondary N) is 1. The predicted molar refractivity (Wildman–Crippen MR) is 60.4 cm³/mol. The summed E-state index contributed by atoms with van der Waals surface area (Å²) in [6.07, 6.45) is 0. The molecule has 4 N–H and O–H groups in total. The highest BCUT2D eigenvalue weighted by Crippen LogP contribution is 2.19.